The van der Waals surface area contributed by atoms with Gasteiger partial charge in [-0.25, -0.2) is 0 Å². The Balaban J connectivity index is 1.46. The number of hydrazine groups is 1. The Morgan fingerprint density at radius 1 is 0.981 bits per heavy atom. The van der Waals surface area contributed by atoms with E-state index in [1.807, 2.05) is 28.7 Å². The number of nitrogens with zero attached hydrogens (tertiary/aromatic N) is 2. The third kappa shape index (κ3) is 5.50. The molecule has 15 heteroatoms. The molecule has 4 amide bonds. The van der Waals surface area contributed by atoms with E-state index >= 15 is 4.79 Å². The predicted octanol–water partition coefficient (Wildman–Crippen LogP) is 5.78. The molecule has 7 rings (SSSR count). The van der Waals surface area contributed by atoms with Crippen molar-refractivity contribution in [2.24, 2.45) is 23.7 Å². The SMILES string of the molecule is COc1ccc(C23C(=O)N(Nc4ccc(Cl)cc4Cl)C(=O)C2CC2C(=CCC4C(=O)N(CCC(=O)O)C(=O)C42)C3c2cc(I)c(O)c(OC)c2)cc1. The monoisotopic (exact) mass is 859 g/mol. The molecule has 270 valence electrons. The quantitative estimate of drug-likeness (QED) is 0.137. The van der Waals surface area contributed by atoms with Crippen LogP contribution in [0.1, 0.15) is 36.3 Å². The van der Waals surface area contributed by atoms with E-state index in [2.05, 4.69) is 5.43 Å². The van der Waals surface area contributed by atoms with Crippen LogP contribution in [-0.4, -0.2) is 70.5 Å². The Morgan fingerprint density at radius 3 is 2.37 bits per heavy atom. The molecule has 2 heterocycles. The highest BCUT2D eigenvalue weighted by atomic mass is 127. The van der Waals surface area contributed by atoms with Gasteiger partial charge in [0.05, 0.1) is 58.1 Å². The third-order valence-electron chi connectivity index (χ3n) is 10.8. The number of allylic oxidation sites excluding steroid dienone is 2. The maximum Gasteiger partial charge on any atom is 0.305 e. The van der Waals surface area contributed by atoms with Crippen LogP contribution in [0.2, 0.25) is 10.0 Å². The topological polar surface area (TPSA) is 163 Å². The number of methoxy groups -OCH3 is 2. The third-order valence-corrected chi connectivity index (χ3v) is 12.2. The highest BCUT2D eigenvalue weighted by Crippen LogP contribution is 2.64. The summed E-state index contributed by atoms with van der Waals surface area (Å²) in [5, 5.41) is 21.7. The number of phenols is 1. The number of carboxylic acids is 1. The van der Waals surface area contributed by atoms with Crippen LogP contribution in [0.4, 0.5) is 5.69 Å². The Bertz CT molecular complexity index is 2080. The van der Waals surface area contributed by atoms with Crippen molar-refractivity contribution < 1.29 is 43.7 Å². The molecule has 3 aromatic carbocycles. The number of aliphatic carboxylic acids is 1. The minimum atomic E-state index is -1.61. The first-order valence-corrected chi connectivity index (χ1v) is 18.2. The number of imide groups is 2. The lowest BCUT2D eigenvalue weighted by Gasteiger charge is -2.50. The number of hydrogen-bond donors (Lipinski definition) is 3. The van der Waals surface area contributed by atoms with Crippen LogP contribution < -0.4 is 14.9 Å². The molecule has 0 aromatic heterocycles. The summed E-state index contributed by atoms with van der Waals surface area (Å²) in [7, 11) is 2.93. The minimum absolute atomic E-state index is 0.0325. The number of halogens is 3. The van der Waals surface area contributed by atoms with Crippen LogP contribution in [-0.2, 0) is 29.4 Å². The Labute approximate surface area is 321 Å². The zero-order chi connectivity index (χ0) is 37.2. The normalized spacial score (nSPS) is 26.5. The van der Waals surface area contributed by atoms with Gasteiger partial charge in [0.1, 0.15) is 5.75 Å². The zero-order valence-corrected chi connectivity index (χ0v) is 31.4. The summed E-state index contributed by atoms with van der Waals surface area (Å²) in [6, 6.07) is 14.9. The maximum absolute atomic E-state index is 15.4. The molecule has 0 spiro atoms. The molecule has 4 aliphatic rings. The Morgan fingerprint density at radius 2 is 1.71 bits per heavy atom. The molecule has 52 heavy (non-hydrogen) atoms. The molecular formula is C37H32Cl2IN3O9. The van der Waals surface area contributed by atoms with Crippen LogP contribution in [0, 0.1) is 27.2 Å². The van der Waals surface area contributed by atoms with Crippen molar-refractivity contribution in [2.75, 3.05) is 26.2 Å². The van der Waals surface area contributed by atoms with E-state index in [0.29, 0.717) is 31.0 Å². The highest BCUT2D eigenvalue weighted by molar-refractivity contribution is 14.1. The van der Waals surface area contributed by atoms with Crippen molar-refractivity contribution in [2.45, 2.75) is 30.6 Å². The number of carbonyl (C=O) groups is 5. The van der Waals surface area contributed by atoms with Gasteiger partial charge in [-0.15, -0.1) is 0 Å². The number of carbonyl (C=O) groups excluding carboxylic acids is 4. The molecule has 3 fully saturated rings. The Kier molecular flexibility index (Phi) is 9.41. The molecule has 2 aliphatic heterocycles. The van der Waals surface area contributed by atoms with Gasteiger partial charge in [0.15, 0.2) is 11.5 Å². The van der Waals surface area contributed by atoms with E-state index < -0.39 is 71.0 Å². The van der Waals surface area contributed by atoms with Crippen LogP contribution in [0.3, 0.4) is 0 Å². The molecular weight excluding hydrogens is 828 g/mol. The number of hydrogen-bond acceptors (Lipinski definition) is 9. The number of aromatic hydroxyl groups is 1. The summed E-state index contributed by atoms with van der Waals surface area (Å²) in [5.41, 5.74) is 3.34. The summed E-state index contributed by atoms with van der Waals surface area (Å²) >= 11 is 14.6. The van der Waals surface area contributed by atoms with E-state index in [9.17, 15) is 29.4 Å². The van der Waals surface area contributed by atoms with Crippen molar-refractivity contribution in [3.8, 4) is 17.2 Å². The second kappa shape index (κ2) is 13.6. The lowest BCUT2D eigenvalue weighted by Crippen LogP contribution is -2.53. The van der Waals surface area contributed by atoms with Gasteiger partial charge >= 0.3 is 5.97 Å². The van der Waals surface area contributed by atoms with Gasteiger partial charge in [-0.2, -0.15) is 5.01 Å². The molecule has 12 nitrogen and oxygen atoms in total. The lowest BCUT2D eigenvalue weighted by molar-refractivity contribution is -0.143. The van der Waals surface area contributed by atoms with Crippen LogP contribution in [0.25, 0.3) is 0 Å². The second-order valence-electron chi connectivity index (χ2n) is 13.2. The van der Waals surface area contributed by atoms with Crippen molar-refractivity contribution in [3.05, 3.63) is 91.0 Å². The minimum Gasteiger partial charge on any atom is -0.504 e. The highest BCUT2D eigenvalue weighted by Gasteiger charge is 2.70. The first kappa shape index (κ1) is 36.0. The summed E-state index contributed by atoms with van der Waals surface area (Å²) in [4.78, 5) is 70.4. The summed E-state index contributed by atoms with van der Waals surface area (Å²) in [6.07, 6.45) is 1.69. The second-order valence-corrected chi connectivity index (χ2v) is 15.2. The van der Waals surface area contributed by atoms with E-state index in [4.69, 9.17) is 32.7 Å². The Hall–Kier alpha value is -4.34. The number of carboxylic acid groups (broad SMARTS) is 1. The molecule has 3 N–H and O–H groups in total. The molecule has 1 saturated carbocycles. The number of fused-ring (bicyclic) bond motifs is 4. The number of amides is 4. The zero-order valence-electron chi connectivity index (χ0n) is 27.8. The molecule has 6 atom stereocenters. The molecule has 0 bridgehead atoms. The van der Waals surface area contributed by atoms with Gasteiger partial charge in [0, 0.05) is 17.5 Å². The fraction of sp³-hybridized carbons (Fsp3) is 0.324. The van der Waals surface area contributed by atoms with E-state index in [1.165, 1.54) is 20.3 Å². The van der Waals surface area contributed by atoms with Gasteiger partial charge in [0.2, 0.25) is 11.8 Å². The van der Waals surface area contributed by atoms with Gasteiger partial charge < -0.3 is 19.7 Å². The summed E-state index contributed by atoms with van der Waals surface area (Å²) < 4.78 is 11.4. The summed E-state index contributed by atoms with van der Waals surface area (Å²) in [5.74, 6) is -6.95. The van der Waals surface area contributed by atoms with Crippen molar-refractivity contribution in [1.82, 2.24) is 9.91 Å². The van der Waals surface area contributed by atoms with Gasteiger partial charge in [0.25, 0.3) is 11.8 Å². The van der Waals surface area contributed by atoms with Gasteiger partial charge in [-0.3, -0.25) is 34.3 Å². The van der Waals surface area contributed by atoms with Crippen LogP contribution in [0.15, 0.2) is 66.2 Å². The number of rotatable bonds is 9. The van der Waals surface area contributed by atoms with Gasteiger partial charge in [-0.05, 0) is 94.9 Å². The number of benzene rings is 3. The number of nitrogens with one attached hydrogen (secondary N) is 1. The smallest absolute Gasteiger partial charge is 0.305 e. The molecule has 3 aromatic rings. The van der Waals surface area contributed by atoms with Crippen molar-refractivity contribution in [1.29, 1.82) is 0 Å². The number of anilines is 1. The van der Waals surface area contributed by atoms with E-state index in [-0.39, 0.29) is 41.6 Å². The molecule has 6 unspecified atom stereocenters. The number of likely N-dealkylation sites (tertiary alicyclic amines) is 1. The first-order valence-electron chi connectivity index (χ1n) is 16.4. The average molecular weight is 860 g/mol. The van der Waals surface area contributed by atoms with Crippen molar-refractivity contribution >= 4 is 81.1 Å². The molecule has 0 radical (unpaired) electrons. The predicted molar refractivity (Wildman–Crippen MR) is 197 cm³/mol. The van der Waals surface area contributed by atoms with Crippen LogP contribution >= 0.6 is 45.8 Å². The van der Waals surface area contributed by atoms with Crippen molar-refractivity contribution in [3.63, 3.8) is 0 Å². The molecule has 2 aliphatic carbocycles. The van der Waals surface area contributed by atoms with Gasteiger partial charge in [-0.1, -0.05) is 47.0 Å². The maximum atomic E-state index is 15.4. The standard InChI is InChI=1S/C37H32Cl2IN3O9/c1-51-20-6-3-18(4-7-20)37-24(34(48)43(36(37)50)41-27-10-5-19(38)15-25(27)39)16-23-21(31(37)17-13-26(40)32(46)28(14-17)52-2)8-9-22-30(23)35(49)42(33(22)47)12-11-29(44)45/h3-8,10,13-15,22-24,30-31,41,46H,9,11-12,16H2,1-2H3,(H,44,45). The summed E-state index contributed by atoms with van der Waals surface area (Å²) in [6.45, 7) is -0.269. The average Bonchev–Trinajstić information content (AvgIpc) is 3.49. The van der Waals surface area contributed by atoms with E-state index in [0.717, 1.165) is 9.91 Å². The number of ether oxygens (including phenoxy) is 2. The largest absolute Gasteiger partial charge is 0.504 e. The fourth-order valence-electron chi connectivity index (χ4n) is 8.63. The first-order chi connectivity index (χ1) is 24.8. The lowest BCUT2D eigenvalue weighted by atomic mass is 9.49. The fourth-order valence-corrected chi connectivity index (χ4v) is 9.70. The number of phenolic OH excluding ortho intramolecular Hbond substituents is 1. The van der Waals surface area contributed by atoms with E-state index in [1.54, 1.807) is 48.5 Å². The molecule has 2 saturated heterocycles. The van der Waals surface area contributed by atoms with Crippen LogP contribution in [0.5, 0.6) is 17.2 Å².